The first kappa shape index (κ1) is 32.7. The normalized spacial score (nSPS) is 11.9. The van der Waals surface area contributed by atoms with Crippen molar-refractivity contribution in [3.8, 4) is 0 Å². The number of hydrogen-bond acceptors (Lipinski definition) is 4. The van der Waals surface area contributed by atoms with Crippen molar-refractivity contribution in [2.24, 2.45) is 0 Å². The Balaban J connectivity index is 1.80. The highest BCUT2D eigenvalue weighted by Crippen LogP contribution is 2.26. The van der Waals surface area contributed by atoms with Gasteiger partial charge in [0.15, 0.2) is 0 Å². The average Bonchev–Trinajstić information content (AvgIpc) is 3.02. The van der Waals surface area contributed by atoms with Crippen molar-refractivity contribution in [1.82, 2.24) is 10.2 Å². The van der Waals surface area contributed by atoms with Crippen LogP contribution in [0.2, 0.25) is 5.02 Å². The first-order valence-electron chi connectivity index (χ1n) is 14.3. The number of halogens is 2. The van der Waals surface area contributed by atoms with Crippen LogP contribution in [0.4, 0.5) is 10.1 Å². The van der Waals surface area contributed by atoms with Crippen LogP contribution in [0.3, 0.4) is 0 Å². The largest absolute Gasteiger partial charge is 0.354 e. The van der Waals surface area contributed by atoms with Gasteiger partial charge in [0.25, 0.3) is 10.0 Å². The standard InChI is InChI=1S/C34H35ClFN3O4S/c1-3-21-37-34(41)32(22-26-9-5-4-6-10-26)38(23-27-11-7-8-12-31(27)35)33(40)24-39(29-17-13-25(2)14-18-29)44(42,43)30-19-15-28(36)16-20-30/h4-20,32H,3,21-24H2,1-2H3,(H,37,41)/t32-/m0/s1. The van der Waals surface area contributed by atoms with Crippen LogP contribution in [0.5, 0.6) is 0 Å². The van der Waals surface area contributed by atoms with Gasteiger partial charge in [0.1, 0.15) is 18.4 Å². The number of amides is 2. The van der Waals surface area contributed by atoms with Crippen molar-refractivity contribution in [3.63, 3.8) is 0 Å². The zero-order valence-electron chi connectivity index (χ0n) is 24.6. The molecule has 1 atom stereocenters. The molecule has 44 heavy (non-hydrogen) atoms. The summed E-state index contributed by atoms with van der Waals surface area (Å²) in [6, 6.07) is 26.5. The lowest BCUT2D eigenvalue weighted by atomic mass is 10.0. The summed E-state index contributed by atoms with van der Waals surface area (Å²) in [6.07, 6.45) is 0.890. The second-order valence-corrected chi connectivity index (χ2v) is 12.7. The fourth-order valence-electron chi connectivity index (χ4n) is 4.70. The molecule has 0 aliphatic heterocycles. The van der Waals surface area contributed by atoms with E-state index in [9.17, 15) is 22.4 Å². The third kappa shape index (κ3) is 8.24. The molecule has 0 spiro atoms. The smallest absolute Gasteiger partial charge is 0.264 e. The second-order valence-electron chi connectivity index (χ2n) is 10.4. The lowest BCUT2D eigenvalue weighted by Crippen LogP contribution is -2.53. The Morgan fingerprint density at radius 3 is 2.16 bits per heavy atom. The molecule has 0 aromatic heterocycles. The van der Waals surface area contributed by atoms with Gasteiger partial charge in [0.05, 0.1) is 10.6 Å². The zero-order valence-corrected chi connectivity index (χ0v) is 26.2. The van der Waals surface area contributed by atoms with Gasteiger partial charge in [-0.05, 0) is 66.9 Å². The van der Waals surface area contributed by atoms with Crippen LogP contribution < -0.4 is 9.62 Å². The summed E-state index contributed by atoms with van der Waals surface area (Å²) in [5.41, 5.74) is 2.58. The predicted molar refractivity (Wildman–Crippen MR) is 171 cm³/mol. The zero-order chi connectivity index (χ0) is 31.7. The number of nitrogens with zero attached hydrogens (tertiary/aromatic N) is 2. The molecule has 1 N–H and O–H groups in total. The molecule has 7 nitrogen and oxygen atoms in total. The maximum atomic E-state index is 14.4. The van der Waals surface area contributed by atoms with Gasteiger partial charge in [-0.1, -0.05) is 84.8 Å². The van der Waals surface area contributed by atoms with Crippen molar-refractivity contribution in [1.29, 1.82) is 0 Å². The molecule has 0 fully saturated rings. The molecule has 0 radical (unpaired) electrons. The third-order valence-electron chi connectivity index (χ3n) is 7.12. The van der Waals surface area contributed by atoms with Crippen molar-refractivity contribution in [2.75, 3.05) is 17.4 Å². The van der Waals surface area contributed by atoms with Crippen molar-refractivity contribution >= 4 is 39.1 Å². The number of carbonyl (C=O) groups is 2. The number of aryl methyl sites for hydroxylation is 1. The quantitative estimate of drug-likeness (QED) is 0.191. The molecule has 0 heterocycles. The average molecular weight is 636 g/mol. The van der Waals surface area contributed by atoms with E-state index in [4.69, 9.17) is 11.6 Å². The fourth-order valence-corrected chi connectivity index (χ4v) is 6.31. The van der Waals surface area contributed by atoms with E-state index in [1.54, 1.807) is 48.5 Å². The van der Waals surface area contributed by atoms with E-state index < -0.39 is 34.3 Å². The Hall–Kier alpha value is -4.21. The molecule has 0 saturated carbocycles. The van der Waals surface area contributed by atoms with Crippen LogP contribution in [0, 0.1) is 12.7 Å². The molecule has 10 heteroatoms. The van der Waals surface area contributed by atoms with Crippen molar-refractivity contribution < 1.29 is 22.4 Å². The highest BCUT2D eigenvalue weighted by Gasteiger charge is 2.34. The van der Waals surface area contributed by atoms with Crippen LogP contribution in [-0.4, -0.2) is 44.3 Å². The molecule has 4 aromatic carbocycles. The van der Waals surface area contributed by atoms with E-state index in [0.29, 0.717) is 23.6 Å². The summed E-state index contributed by atoms with van der Waals surface area (Å²) >= 11 is 6.51. The van der Waals surface area contributed by atoms with E-state index in [0.717, 1.165) is 39.7 Å². The summed E-state index contributed by atoms with van der Waals surface area (Å²) in [7, 11) is -4.32. The molecule has 0 aliphatic rings. The molecule has 230 valence electrons. The molecule has 0 unspecified atom stereocenters. The van der Waals surface area contributed by atoms with E-state index in [2.05, 4.69) is 5.32 Å². The number of nitrogens with one attached hydrogen (secondary N) is 1. The predicted octanol–water partition coefficient (Wildman–Crippen LogP) is 6.15. The summed E-state index contributed by atoms with van der Waals surface area (Å²) < 4.78 is 42.6. The number of carbonyl (C=O) groups excluding carboxylic acids is 2. The lowest BCUT2D eigenvalue weighted by Gasteiger charge is -2.34. The second kappa shape index (κ2) is 15.0. The lowest BCUT2D eigenvalue weighted by molar-refractivity contribution is -0.140. The molecule has 4 rings (SSSR count). The van der Waals surface area contributed by atoms with Crippen molar-refractivity contribution in [2.45, 2.75) is 44.2 Å². The molecule has 0 saturated heterocycles. The van der Waals surface area contributed by atoms with Gasteiger partial charge in [0, 0.05) is 24.5 Å². The van der Waals surface area contributed by atoms with Crippen LogP contribution >= 0.6 is 11.6 Å². The van der Waals surface area contributed by atoms with Crippen molar-refractivity contribution in [3.05, 3.63) is 131 Å². The number of benzene rings is 4. The minimum Gasteiger partial charge on any atom is -0.354 e. The minimum atomic E-state index is -4.32. The maximum absolute atomic E-state index is 14.4. The van der Waals surface area contributed by atoms with Gasteiger partial charge >= 0.3 is 0 Å². The monoisotopic (exact) mass is 635 g/mol. The molecule has 0 aliphatic carbocycles. The van der Waals surface area contributed by atoms with Crippen LogP contribution in [0.1, 0.15) is 30.0 Å². The number of hydrogen-bond donors (Lipinski definition) is 1. The highest BCUT2D eigenvalue weighted by molar-refractivity contribution is 7.92. The summed E-state index contributed by atoms with van der Waals surface area (Å²) in [5.74, 6) is -1.56. The van der Waals surface area contributed by atoms with Gasteiger partial charge in [-0.15, -0.1) is 0 Å². The minimum absolute atomic E-state index is 0.0338. The summed E-state index contributed by atoms with van der Waals surface area (Å²) in [4.78, 5) is 29.3. The Bertz CT molecular complexity index is 1670. The maximum Gasteiger partial charge on any atom is 0.264 e. The topological polar surface area (TPSA) is 86.8 Å². The van der Waals surface area contributed by atoms with Gasteiger partial charge in [-0.2, -0.15) is 0 Å². The molecule has 0 bridgehead atoms. The molecule has 4 aromatic rings. The van der Waals surface area contributed by atoms with E-state index in [1.165, 1.54) is 4.90 Å². The third-order valence-corrected chi connectivity index (χ3v) is 9.28. The van der Waals surface area contributed by atoms with E-state index in [1.807, 2.05) is 44.2 Å². The van der Waals surface area contributed by atoms with Gasteiger partial charge in [0.2, 0.25) is 11.8 Å². The van der Waals surface area contributed by atoms with Gasteiger partial charge in [-0.25, -0.2) is 12.8 Å². The molecular formula is C34H35ClFN3O4S. The van der Waals surface area contributed by atoms with Gasteiger partial charge < -0.3 is 10.2 Å². The summed E-state index contributed by atoms with van der Waals surface area (Å²) in [6.45, 7) is 3.56. The Labute approximate surface area is 263 Å². The van der Waals surface area contributed by atoms with Crippen LogP contribution in [-0.2, 0) is 32.6 Å². The Kier molecular flexibility index (Phi) is 11.1. The highest BCUT2D eigenvalue weighted by atomic mass is 35.5. The Morgan fingerprint density at radius 1 is 0.886 bits per heavy atom. The van der Waals surface area contributed by atoms with E-state index >= 15 is 0 Å². The molecular weight excluding hydrogens is 601 g/mol. The number of sulfonamides is 1. The first-order chi connectivity index (χ1) is 21.1. The number of anilines is 1. The fraction of sp³-hybridized carbons (Fsp3) is 0.235. The summed E-state index contributed by atoms with van der Waals surface area (Å²) in [5, 5.41) is 3.32. The first-order valence-corrected chi connectivity index (χ1v) is 16.1. The van der Waals surface area contributed by atoms with Crippen LogP contribution in [0.15, 0.2) is 108 Å². The van der Waals surface area contributed by atoms with Crippen LogP contribution in [0.25, 0.3) is 0 Å². The number of rotatable bonds is 13. The Morgan fingerprint density at radius 2 is 1.52 bits per heavy atom. The van der Waals surface area contributed by atoms with E-state index in [-0.39, 0.29) is 29.5 Å². The molecule has 2 amide bonds. The van der Waals surface area contributed by atoms with Gasteiger partial charge in [-0.3, -0.25) is 13.9 Å². The SMILES string of the molecule is CCCNC(=O)[C@H](Cc1ccccc1)N(Cc1ccccc1Cl)C(=O)CN(c1ccc(C)cc1)S(=O)(=O)c1ccc(F)cc1.